The zero-order valence-corrected chi connectivity index (χ0v) is 10.2. The molecular formula is C15H14O4. The van der Waals surface area contributed by atoms with Crippen molar-refractivity contribution in [1.82, 2.24) is 0 Å². The summed E-state index contributed by atoms with van der Waals surface area (Å²) in [6, 6.07) is 13.5. The molecule has 19 heavy (non-hydrogen) atoms. The first-order valence-electron chi connectivity index (χ1n) is 6.08. The first-order valence-corrected chi connectivity index (χ1v) is 6.08. The van der Waals surface area contributed by atoms with Gasteiger partial charge in [0, 0.05) is 11.1 Å². The van der Waals surface area contributed by atoms with Crippen molar-refractivity contribution in [1.29, 1.82) is 0 Å². The number of hydrogen-bond acceptors (Lipinski definition) is 4. The van der Waals surface area contributed by atoms with Crippen LogP contribution in [-0.2, 0) is 15.3 Å². The summed E-state index contributed by atoms with van der Waals surface area (Å²) < 4.78 is 11.6. The standard InChI is InChI=1S/C15H14O4/c16-13-5-1-11(2-6-13)15(18-9-10-19-15)12-3-7-14(17)8-4-12/h1-8,16-17H,9-10H2. The van der Waals surface area contributed by atoms with Crippen molar-refractivity contribution in [3.8, 4) is 11.5 Å². The second-order valence-corrected chi connectivity index (χ2v) is 4.41. The van der Waals surface area contributed by atoms with Gasteiger partial charge in [0.25, 0.3) is 0 Å². The van der Waals surface area contributed by atoms with Crippen LogP contribution in [0.2, 0.25) is 0 Å². The monoisotopic (exact) mass is 258 g/mol. The predicted octanol–water partition coefficient (Wildman–Crippen LogP) is 2.35. The highest BCUT2D eigenvalue weighted by atomic mass is 16.7. The minimum Gasteiger partial charge on any atom is -0.508 e. The van der Waals surface area contributed by atoms with E-state index >= 15 is 0 Å². The number of aromatic hydroxyl groups is 2. The Balaban J connectivity index is 2.08. The molecule has 2 N–H and O–H groups in total. The Hall–Kier alpha value is -2.04. The predicted molar refractivity (Wildman–Crippen MR) is 68.9 cm³/mol. The van der Waals surface area contributed by atoms with Crippen molar-refractivity contribution in [3.05, 3.63) is 59.7 Å². The molecule has 1 heterocycles. The molecule has 4 heteroatoms. The third-order valence-corrected chi connectivity index (χ3v) is 3.19. The molecule has 0 spiro atoms. The minimum absolute atomic E-state index is 0.197. The number of phenols is 2. The maximum Gasteiger partial charge on any atom is 0.222 e. The Morgan fingerprint density at radius 2 is 1.05 bits per heavy atom. The van der Waals surface area contributed by atoms with E-state index in [9.17, 15) is 10.2 Å². The molecule has 0 bridgehead atoms. The van der Waals surface area contributed by atoms with E-state index in [4.69, 9.17) is 9.47 Å². The van der Waals surface area contributed by atoms with E-state index in [-0.39, 0.29) is 11.5 Å². The van der Waals surface area contributed by atoms with Gasteiger partial charge < -0.3 is 19.7 Å². The Morgan fingerprint density at radius 3 is 1.42 bits per heavy atom. The van der Waals surface area contributed by atoms with E-state index in [1.165, 1.54) is 0 Å². The van der Waals surface area contributed by atoms with E-state index < -0.39 is 5.79 Å². The summed E-state index contributed by atoms with van der Waals surface area (Å²) in [7, 11) is 0. The number of benzene rings is 2. The van der Waals surface area contributed by atoms with E-state index in [1.54, 1.807) is 48.5 Å². The van der Waals surface area contributed by atoms with Crippen molar-refractivity contribution < 1.29 is 19.7 Å². The lowest BCUT2D eigenvalue weighted by Crippen LogP contribution is -2.28. The van der Waals surface area contributed by atoms with Gasteiger partial charge in [-0.05, 0) is 48.5 Å². The SMILES string of the molecule is Oc1ccc(C2(c3ccc(O)cc3)OCCO2)cc1. The van der Waals surface area contributed by atoms with Crippen molar-refractivity contribution >= 4 is 0 Å². The number of hydrogen-bond donors (Lipinski definition) is 2. The third kappa shape index (κ3) is 2.05. The van der Waals surface area contributed by atoms with Crippen molar-refractivity contribution in [2.45, 2.75) is 5.79 Å². The Kier molecular flexibility index (Phi) is 2.89. The lowest BCUT2D eigenvalue weighted by Gasteiger charge is -2.28. The van der Waals surface area contributed by atoms with Gasteiger partial charge in [0.15, 0.2) is 0 Å². The van der Waals surface area contributed by atoms with Crippen LogP contribution >= 0.6 is 0 Å². The highest BCUT2D eigenvalue weighted by Gasteiger charge is 2.40. The summed E-state index contributed by atoms with van der Waals surface area (Å²) >= 11 is 0. The van der Waals surface area contributed by atoms with E-state index in [2.05, 4.69) is 0 Å². The fourth-order valence-corrected chi connectivity index (χ4v) is 2.27. The summed E-state index contributed by atoms with van der Waals surface area (Å²) in [5, 5.41) is 18.8. The number of phenolic OH excluding ortho intramolecular Hbond substituents is 2. The molecule has 0 aromatic heterocycles. The molecule has 0 saturated carbocycles. The van der Waals surface area contributed by atoms with Crippen LogP contribution in [-0.4, -0.2) is 23.4 Å². The average molecular weight is 258 g/mol. The fourth-order valence-electron chi connectivity index (χ4n) is 2.27. The van der Waals surface area contributed by atoms with Crippen molar-refractivity contribution in [3.63, 3.8) is 0 Å². The lowest BCUT2D eigenvalue weighted by atomic mass is 9.97. The summed E-state index contributed by atoms with van der Waals surface area (Å²) in [4.78, 5) is 0. The maximum atomic E-state index is 9.38. The second-order valence-electron chi connectivity index (χ2n) is 4.41. The van der Waals surface area contributed by atoms with E-state index in [1.807, 2.05) is 0 Å². The molecule has 98 valence electrons. The molecule has 1 saturated heterocycles. The van der Waals surface area contributed by atoms with Crippen molar-refractivity contribution in [2.75, 3.05) is 13.2 Å². The summed E-state index contributed by atoms with van der Waals surface area (Å²) in [6.45, 7) is 1.00. The zero-order valence-electron chi connectivity index (χ0n) is 10.2. The molecule has 0 atom stereocenters. The van der Waals surface area contributed by atoms with Gasteiger partial charge in [-0.2, -0.15) is 0 Å². The lowest BCUT2D eigenvalue weighted by molar-refractivity contribution is -0.129. The summed E-state index contributed by atoms with van der Waals surface area (Å²) in [6.07, 6.45) is 0. The topological polar surface area (TPSA) is 58.9 Å². The molecule has 0 unspecified atom stereocenters. The zero-order chi connectivity index (χ0) is 13.3. The normalized spacial score (nSPS) is 17.5. The van der Waals surface area contributed by atoms with Gasteiger partial charge in [0.05, 0.1) is 13.2 Å². The van der Waals surface area contributed by atoms with Gasteiger partial charge in [-0.3, -0.25) is 0 Å². The molecule has 3 rings (SSSR count). The van der Waals surface area contributed by atoms with Crippen LogP contribution in [0.15, 0.2) is 48.5 Å². The van der Waals surface area contributed by atoms with E-state index in [0.29, 0.717) is 13.2 Å². The van der Waals surface area contributed by atoms with Crippen molar-refractivity contribution in [2.24, 2.45) is 0 Å². The quantitative estimate of drug-likeness (QED) is 0.868. The maximum absolute atomic E-state index is 9.38. The van der Waals surface area contributed by atoms with Gasteiger partial charge in [0.2, 0.25) is 5.79 Å². The highest BCUT2D eigenvalue weighted by Crippen LogP contribution is 2.39. The summed E-state index contributed by atoms with van der Waals surface area (Å²) in [5.74, 6) is -0.563. The fraction of sp³-hybridized carbons (Fsp3) is 0.200. The molecule has 2 aromatic rings. The summed E-state index contributed by atoms with van der Waals surface area (Å²) in [5.41, 5.74) is 1.63. The van der Waals surface area contributed by atoms with Gasteiger partial charge in [0.1, 0.15) is 11.5 Å². The van der Waals surface area contributed by atoms with Crippen LogP contribution in [0.4, 0.5) is 0 Å². The van der Waals surface area contributed by atoms with Gasteiger partial charge in [-0.1, -0.05) is 0 Å². The van der Waals surface area contributed by atoms with Gasteiger partial charge >= 0.3 is 0 Å². The number of rotatable bonds is 2. The van der Waals surface area contributed by atoms with Crippen LogP contribution in [0.25, 0.3) is 0 Å². The largest absolute Gasteiger partial charge is 0.508 e. The molecule has 1 aliphatic rings. The molecule has 2 aromatic carbocycles. The van der Waals surface area contributed by atoms with Crippen LogP contribution in [0.3, 0.4) is 0 Å². The first-order chi connectivity index (χ1) is 9.21. The minimum atomic E-state index is -0.957. The molecule has 0 aliphatic carbocycles. The van der Waals surface area contributed by atoms with Crippen LogP contribution in [0.1, 0.15) is 11.1 Å². The Bertz CT molecular complexity index is 506. The molecule has 4 nitrogen and oxygen atoms in total. The van der Waals surface area contributed by atoms with E-state index in [0.717, 1.165) is 11.1 Å². The Morgan fingerprint density at radius 1 is 0.684 bits per heavy atom. The number of ether oxygens (including phenoxy) is 2. The smallest absolute Gasteiger partial charge is 0.222 e. The third-order valence-electron chi connectivity index (χ3n) is 3.19. The second kappa shape index (κ2) is 4.57. The van der Waals surface area contributed by atoms with Gasteiger partial charge in [-0.25, -0.2) is 0 Å². The molecule has 1 aliphatic heterocycles. The molecule has 0 amide bonds. The molecule has 0 radical (unpaired) electrons. The van der Waals surface area contributed by atoms with Crippen LogP contribution < -0.4 is 0 Å². The highest BCUT2D eigenvalue weighted by molar-refractivity contribution is 5.39. The average Bonchev–Trinajstić information content (AvgIpc) is 2.91. The van der Waals surface area contributed by atoms with Crippen LogP contribution in [0.5, 0.6) is 11.5 Å². The van der Waals surface area contributed by atoms with Gasteiger partial charge in [-0.15, -0.1) is 0 Å². The van der Waals surface area contributed by atoms with Crippen LogP contribution in [0, 0.1) is 0 Å². The molecule has 1 fully saturated rings. The Labute approximate surface area is 110 Å². The molecular weight excluding hydrogens is 244 g/mol. The first kappa shape index (κ1) is 12.0.